The molecule has 1 aromatic carbocycles. The molecule has 25 heavy (non-hydrogen) atoms. The summed E-state index contributed by atoms with van der Waals surface area (Å²) in [7, 11) is -2.98. The first-order chi connectivity index (χ1) is 11.9. The third kappa shape index (κ3) is 5.05. The van der Waals surface area contributed by atoms with Gasteiger partial charge in [-0.1, -0.05) is 30.3 Å². The molecule has 0 saturated carbocycles. The number of carbonyl (C=O) groups is 1. The van der Waals surface area contributed by atoms with E-state index < -0.39 is 9.84 Å². The first-order valence-corrected chi connectivity index (χ1v) is 11.8. The number of amides is 1. The van der Waals surface area contributed by atoms with Crippen LogP contribution in [0.25, 0.3) is 10.6 Å². The second kappa shape index (κ2) is 7.88. The molecule has 1 aliphatic rings. The van der Waals surface area contributed by atoms with E-state index in [1.807, 2.05) is 42.6 Å². The lowest BCUT2D eigenvalue weighted by molar-refractivity contribution is -0.120. The quantitative estimate of drug-likeness (QED) is 0.812. The smallest absolute Gasteiger partial charge is 0.233 e. The second-order valence-corrected chi connectivity index (χ2v) is 10.5. The molecular weight excluding hydrogens is 376 g/mol. The lowest BCUT2D eigenvalue weighted by atomic mass is 10.2. The fourth-order valence-electron chi connectivity index (χ4n) is 2.60. The number of sulfone groups is 1. The number of thiazole rings is 1. The van der Waals surface area contributed by atoms with Gasteiger partial charge in [-0.3, -0.25) is 4.79 Å². The minimum absolute atomic E-state index is 0.0582. The van der Waals surface area contributed by atoms with Crippen LogP contribution in [-0.4, -0.2) is 42.1 Å². The molecule has 2 heterocycles. The fraction of sp³-hybridized carbons (Fsp3) is 0.412. The summed E-state index contributed by atoms with van der Waals surface area (Å²) < 4.78 is 22.9. The van der Waals surface area contributed by atoms with E-state index in [4.69, 9.17) is 0 Å². The maximum absolute atomic E-state index is 12.2. The van der Waals surface area contributed by atoms with Gasteiger partial charge in [-0.2, -0.15) is 0 Å². The Kier molecular flexibility index (Phi) is 5.81. The summed E-state index contributed by atoms with van der Waals surface area (Å²) in [4.78, 5) is 16.8. The highest BCUT2D eigenvalue weighted by Crippen LogP contribution is 2.26. The Hall–Kier alpha value is -1.38. The summed E-state index contributed by atoms with van der Waals surface area (Å²) in [6, 6.07) is 9.76. The molecule has 5 nitrogen and oxygen atoms in total. The SMILES string of the molecule is C[C@@H](SCc1csc(-c2ccccc2)n1)C(=O)N[C@H]1CCS(=O)(=O)C1. The Morgan fingerprint density at radius 2 is 2.16 bits per heavy atom. The molecule has 0 aliphatic carbocycles. The van der Waals surface area contributed by atoms with Gasteiger partial charge in [0.2, 0.25) is 5.91 Å². The molecule has 0 radical (unpaired) electrons. The molecule has 1 N–H and O–H groups in total. The van der Waals surface area contributed by atoms with Crippen molar-refractivity contribution in [1.82, 2.24) is 10.3 Å². The number of rotatable bonds is 6. The van der Waals surface area contributed by atoms with Gasteiger partial charge in [0.25, 0.3) is 0 Å². The first kappa shape index (κ1) is 18.4. The highest BCUT2D eigenvalue weighted by Gasteiger charge is 2.30. The molecule has 1 aromatic heterocycles. The van der Waals surface area contributed by atoms with Crippen LogP contribution in [0.5, 0.6) is 0 Å². The predicted octanol–water partition coefficient (Wildman–Crippen LogP) is 2.74. The Morgan fingerprint density at radius 1 is 1.40 bits per heavy atom. The molecule has 8 heteroatoms. The molecule has 0 unspecified atom stereocenters. The molecule has 1 aliphatic heterocycles. The Morgan fingerprint density at radius 3 is 2.84 bits per heavy atom. The van der Waals surface area contributed by atoms with Gasteiger partial charge in [0.1, 0.15) is 5.01 Å². The van der Waals surface area contributed by atoms with Crippen LogP contribution in [0, 0.1) is 0 Å². The van der Waals surface area contributed by atoms with Crippen LogP contribution in [0.2, 0.25) is 0 Å². The van der Waals surface area contributed by atoms with Gasteiger partial charge in [-0.25, -0.2) is 13.4 Å². The molecule has 0 bridgehead atoms. The number of aromatic nitrogens is 1. The van der Waals surface area contributed by atoms with Crippen LogP contribution >= 0.6 is 23.1 Å². The molecule has 134 valence electrons. The summed E-state index contributed by atoms with van der Waals surface area (Å²) in [6.45, 7) is 1.84. The van der Waals surface area contributed by atoms with E-state index in [1.165, 1.54) is 11.8 Å². The highest BCUT2D eigenvalue weighted by atomic mass is 32.2. The number of hydrogen-bond donors (Lipinski definition) is 1. The molecule has 0 spiro atoms. The van der Waals surface area contributed by atoms with Crippen LogP contribution in [0.3, 0.4) is 0 Å². The van der Waals surface area contributed by atoms with Crippen molar-refractivity contribution in [2.24, 2.45) is 0 Å². The van der Waals surface area contributed by atoms with Crippen molar-refractivity contribution < 1.29 is 13.2 Å². The van der Waals surface area contributed by atoms with E-state index in [2.05, 4.69) is 10.3 Å². The van der Waals surface area contributed by atoms with Crippen LogP contribution in [0.4, 0.5) is 0 Å². The molecule has 3 rings (SSSR count). The molecule has 1 fully saturated rings. The van der Waals surface area contributed by atoms with E-state index in [9.17, 15) is 13.2 Å². The third-order valence-corrected chi connectivity index (χ3v) is 7.89. The topological polar surface area (TPSA) is 76.1 Å². The number of nitrogens with one attached hydrogen (secondary N) is 1. The lowest BCUT2D eigenvalue weighted by Gasteiger charge is -2.15. The highest BCUT2D eigenvalue weighted by molar-refractivity contribution is 7.99. The van der Waals surface area contributed by atoms with Gasteiger partial charge >= 0.3 is 0 Å². The van der Waals surface area contributed by atoms with Crippen molar-refractivity contribution in [2.45, 2.75) is 30.4 Å². The lowest BCUT2D eigenvalue weighted by Crippen LogP contribution is -2.40. The maximum atomic E-state index is 12.2. The van der Waals surface area contributed by atoms with Gasteiger partial charge in [-0.15, -0.1) is 23.1 Å². The molecule has 2 atom stereocenters. The summed E-state index contributed by atoms with van der Waals surface area (Å²) in [5.74, 6) is 0.773. The monoisotopic (exact) mass is 396 g/mol. The maximum Gasteiger partial charge on any atom is 0.233 e. The zero-order valence-electron chi connectivity index (χ0n) is 13.8. The number of carbonyl (C=O) groups excluding carboxylic acids is 1. The van der Waals surface area contributed by atoms with E-state index >= 15 is 0 Å². The van der Waals surface area contributed by atoms with Gasteiger partial charge in [0.05, 0.1) is 22.4 Å². The second-order valence-electron chi connectivity index (χ2n) is 6.07. The summed E-state index contributed by atoms with van der Waals surface area (Å²) in [6.07, 6.45) is 0.512. The van der Waals surface area contributed by atoms with Gasteiger partial charge < -0.3 is 5.32 Å². The van der Waals surface area contributed by atoms with Crippen molar-refractivity contribution in [1.29, 1.82) is 0 Å². The standard InChI is InChI=1S/C17H20N2O3S3/c1-12(16(20)18-14-7-8-25(21,22)11-14)23-9-15-10-24-17(19-15)13-5-3-2-4-6-13/h2-6,10,12,14H,7-9,11H2,1H3,(H,18,20)/t12-,14+/m1/s1. The zero-order valence-corrected chi connectivity index (χ0v) is 16.3. The van der Waals surface area contributed by atoms with Crippen LogP contribution < -0.4 is 5.32 Å². The van der Waals surface area contributed by atoms with Crippen LogP contribution in [0.15, 0.2) is 35.7 Å². The van der Waals surface area contributed by atoms with Crippen LogP contribution in [0.1, 0.15) is 19.0 Å². The Balaban J connectivity index is 1.50. The van der Waals surface area contributed by atoms with Crippen molar-refractivity contribution in [3.8, 4) is 10.6 Å². The van der Waals surface area contributed by atoms with Crippen LogP contribution in [-0.2, 0) is 20.4 Å². The molecule has 1 saturated heterocycles. The number of nitrogens with zero attached hydrogens (tertiary/aromatic N) is 1. The van der Waals surface area contributed by atoms with Crippen molar-refractivity contribution in [3.63, 3.8) is 0 Å². The minimum atomic E-state index is -2.98. The summed E-state index contributed by atoms with van der Waals surface area (Å²) in [5.41, 5.74) is 2.05. The van der Waals surface area contributed by atoms with Gasteiger partial charge in [-0.05, 0) is 13.3 Å². The Bertz CT molecular complexity index is 834. The van der Waals surface area contributed by atoms with E-state index in [1.54, 1.807) is 11.3 Å². The first-order valence-electron chi connectivity index (χ1n) is 8.05. The number of hydrogen-bond acceptors (Lipinski definition) is 6. The average Bonchev–Trinajstić information content (AvgIpc) is 3.19. The van der Waals surface area contributed by atoms with Crippen molar-refractivity contribution in [2.75, 3.05) is 11.5 Å². The summed E-state index contributed by atoms with van der Waals surface area (Å²) in [5, 5.41) is 5.59. The van der Waals surface area contributed by atoms with Gasteiger partial charge in [0, 0.05) is 22.7 Å². The van der Waals surface area contributed by atoms with Gasteiger partial charge in [0.15, 0.2) is 9.84 Å². The molecule has 2 aromatic rings. The average molecular weight is 397 g/mol. The number of benzene rings is 1. The largest absolute Gasteiger partial charge is 0.351 e. The zero-order chi connectivity index (χ0) is 17.9. The fourth-order valence-corrected chi connectivity index (χ4v) is 5.99. The molecular formula is C17H20N2O3S3. The van der Waals surface area contributed by atoms with Crippen molar-refractivity contribution >= 4 is 38.8 Å². The Labute approximate surface area is 156 Å². The normalized spacial score (nSPS) is 20.3. The van der Waals surface area contributed by atoms with E-state index in [0.717, 1.165) is 16.3 Å². The van der Waals surface area contributed by atoms with E-state index in [0.29, 0.717) is 12.2 Å². The van der Waals surface area contributed by atoms with E-state index in [-0.39, 0.29) is 28.7 Å². The summed E-state index contributed by atoms with van der Waals surface area (Å²) >= 11 is 3.11. The third-order valence-electron chi connectivity index (χ3n) is 4.00. The predicted molar refractivity (Wildman–Crippen MR) is 104 cm³/mol. The minimum Gasteiger partial charge on any atom is -0.351 e. The van der Waals surface area contributed by atoms with Crippen molar-refractivity contribution in [3.05, 3.63) is 41.4 Å². The molecule has 1 amide bonds. The number of thioether (sulfide) groups is 1.